The predicted octanol–water partition coefficient (Wildman–Crippen LogP) is 2.19. The van der Waals surface area contributed by atoms with E-state index in [0.29, 0.717) is 0 Å². The van der Waals surface area contributed by atoms with Crippen molar-refractivity contribution in [2.45, 2.75) is 6.92 Å². The molecule has 0 saturated carbocycles. The van der Waals surface area contributed by atoms with Gasteiger partial charge < -0.3 is 10.5 Å². The van der Waals surface area contributed by atoms with Gasteiger partial charge in [0.15, 0.2) is 0 Å². The molecule has 0 radical (unpaired) electrons. The Morgan fingerprint density at radius 3 is 2.55 bits per heavy atom. The standard InChI is InChI=1S/C8H10INO/c1-5-7(9)3-6(11-2)4-8(5)10/h3-4H,10H2,1-2H3. The maximum absolute atomic E-state index is 5.71. The molecule has 0 fully saturated rings. The summed E-state index contributed by atoms with van der Waals surface area (Å²) in [5.74, 6) is 0.817. The lowest BCUT2D eigenvalue weighted by atomic mass is 10.2. The lowest BCUT2D eigenvalue weighted by Gasteiger charge is -2.05. The average molecular weight is 263 g/mol. The molecule has 0 bridgehead atoms. The van der Waals surface area contributed by atoms with Crippen molar-refractivity contribution in [3.05, 3.63) is 21.3 Å². The van der Waals surface area contributed by atoms with Crippen molar-refractivity contribution < 1.29 is 4.74 Å². The average Bonchev–Trinajstić information content (AvgIpc) is 1.99. The molecule has 3 heteroatoms. The summed E-state index contributed by atoms with van der Waals surface area (Å²) >= 11 is 2.24. The monoisotopic (exact) mass is 263 g/mol. The lowest BCUT2D eigenvalue weighted by Crippen LogP contribution is -1.94. The van der Waals surface area contributed by atoms with Crippen LogP contribution in [0.4, 0.5) is 5.69 Å². The smallest absolute Gasteiger partial charge is 0.121 e. The van der Waals surface area contributed by atoms with Crippen molar-refractivity contribution in [1.82, 2.24) is 0 Å². The molecular formula is C8H10INO. The number of nitrogen functional groups attached to an aromatic ring is 1. The number of rotatable bonds is 1. The normalized spacial score (nSPS) is 9.73. The van der Waals surface area contributed by atoms with Gasteiger partial charge in [0.1, 0.15) is 5.75 Å². The second kappa shape index (κ2) is 3.30. The highest BCUT2D eigenvalue weighted by Crippen LogP contribution is 2.24. The van der Waals surface area contributed by atoms with Crippen molar-refractivity contribution in [2.75, 3.05) is 12.8 Å². The van der Waals surface area contributed by atoms with Crippen molar-refractivity contribution in [3.8, 4) is 5.75 Å². The van der Waals surface area contributed by atoms with Crippen LogP contribution in [0.3, 0.4) is 0 Å². The topological polar surface area (TPSA) is 35.2 Å². The van der Waals surface area contributed by atoms with Gasteiger partial charge in [0.2, 0.25) is 0 Å². The molecule has 0 aromatic heterocycles. The highest BCUT2D eigenvalue weighted by atomic mass is 127. The number of hydrogen-bond acceptors (Lipinski definition) is 2. The quantitative estimate of drug-likeness (QED) is 0.622. The Morgan fingerprint density at radius 2 is 2.09 bits per heavy atom. The van der Waals surface area contributed by atoms with Crippen molar-refractivity contribution >= 4 is 28.3 Å². The summed E-state index contributed by atoms with van der Waals surface area (Å²) in [6.07, 6.45) is 0. The van der Waals surface area contributed by atoms with Gasteiger partial charge in [0.25, 0.3) is 0 Å². The van der Waals surface area contributed by atoms with E-state index in [1.165, 1.54) is 0 Å². The van der Waals surface area contributed by atoms with Gasteiger partial charge in [-0.15, -0.1) is 0 Å². The molecule has 2 nitrogen and oxygen atoms in total. The molecular weight excluding hydrogens is 253 g/mol. The Hall–Kier alpha value is -0.450. The Bertz CT molecular complexity index is 250. The first-order chi connectivity index (χ1) is 5.15. The number of benzene rings is 1. The van der Waals surface area contributed by atoms with Crippen LogP contribution in [0, 0.1) is 10.5 Å². The fraction of sp³-hybridized carbons (Fsp3) is 0.250. The molecule has 0 aliphatic carbocycles. The summed E-state index contributed by atoms with van der Waals surface area (Å²) in [5, 5.41) is 0. The van der Waals surface area contributed by atoms with Crippen molar-refractivity contribution in [2.24, 2.45) is 0 Å². The van der Waals surface area contributed by atoms with Gasteiger partial charge in [0, 0.05) is 15.3 Å². The zero-order valence-corrected chi connectivity index (χ0v) is 8.68. The number of halogens is 1. The Balaban J connectivity index is 3.21. The molecule has 11 heavy (non-hydrogen) atoms. The third-order valence-electron chi connectivity index (χ3n) is 1.59. The van der Waals surface area contributed by atoms with Crippen LogP contribution in [0.2, 0.25) is 0 Å². The number of nitrogens with two attached hydrogens (primary N) is 1. The number of hydrogen-bond donors (Lipinski definition) is 1. The maximum Gasteiger partial charge on any atom is 0.121 e. The first-order valence-corrected chi connectivity index (χ1v) is 4.32. The van der Waals surface area contributed by atoms with Crippen molar-refractivity contribution in [1.29, 1.82) is 0 Å². The fourth-order valence-electron chi connectivity index (χ4n) is 0.792. The maximum atomic E-state index is 5.71. The third kappa shape index (κ3) is 1.77. The van der Waals surface area contributed by atoms with Crippen LogP contribution in [0.5, 0.6) is 5.75 Å². The van der Waals surface area contributed by atoms with E-state index in [1.807, 2.05) is 19.1 Å². The first-order valence-electron chi connectivity index (χ1n) is 3.24. The second-order valence-electron chi connectivity index (χ2n) is 2.32. The number of anilines is 1. The molecule has 1 rings (SSSR count). The highest BCUT2D eigenvalue weighted by molar-refractivity contribution is 14.1. The summed E-state index contributed by atoms with van der Waals surface area (Å²) in [6.45, 7) is 2.00. The molecule has 0 heterocycles. The van der Waals surface area contributed by atoms with Crippen molar-refractivity contribution in [3.63, 3.8) is 0 Å². The zero-order chi connectivity index (χ0) is 8.43. The van der Waals surface area contributed by atoms with Crippen LogP contribution >= 0.6 is 22.6 Å². The molecule has 1 aromatic rings. The molecule has 0 aliphatic rings. The lowest BCUT2D eigenvalue weighted by molar-refractivity contribution is 0.414. The van der Waals surface area contributed by atoms with E-state index in [1.54, 1.807) is 7.11 Å². The Labute approximate surface area is 79.9 Å². The third-order valence-corrected chi connectivity index (χ3v) is 2.71. The summed E-state index contributed by atoms with van der Waals surface area (Å²) in [5.41, 5.74) is 7.62. The molecule has 0 spiro atoms. The van der Waals surface area contributed by atoms with Gasteiger partial charge in [-0.2, -0.15) is 0 Å². The van der Waals surface area contributed by atoms with Crippen LogP contribution in [0.25, 0.3) is 0 Å². The second-order valence-corrected chi connectivity index (χ2v) is 3.49. The molecule has 60 valence electrons. The minimum atomic E-state index is 0.786. The number of methoxy groups -OCH3 is 1. The molecule has 0 unspecified atom stereocenters. The van der Waals surface area contributed by atoms with E-state index in [9.17, 15) is 0 Å². The van der Waals surface area contributed by atoms with Crippen LogP contribution in [-0.2, 0) is 0 Å². The minimum Gasteiger partial charge on any atom is -0.497 e. The fourth-order valence-corrected chi connectivity index (χ4v) is 1.41. The van der Waals surface area contributed by atoms with Gasteiger partial charge in [0.05, 0.1) is 7.11 Å². The van der Waals surface area contributed by atoms with Gasteiger partial charge >= 0.3 is 0 Å². The van der Waals surface area contributed by atoms with E-state index in [-0.39, 0.29) is 0 Å². The zero-order valence-electron chi connectivity index (χ0n) is 6.52. The van der Waals surface area contributed by atoms with Crippen LogP contribution in [-0.4, -0.2) is 7.11 Å². The Kier molecular flexibility index (Phi) is 2.59. The van der Waals surface area contributed by atoms with E-state index in [2.05, 4.69) is 22.6 Å². The van der Waals surface area contributed by atoms with Gasteiger partial charge in [-0.25, -0.2) is 0 Å². The van der Waals surface area contributed by atoms with Gasteiger partial charge in [-0.1, -0.05) is 0 Å². The first kappa shape index (κ1) is 8.64. The van der Waals surface area contributed by atoms with Gasteiger partial charge in [-0.3, -0.25) is 0 Å². The van der Waals surface area contributed by atoms with Crippen LogP contribution < -0.4 is 10.5 Å². The van der Waals surface area contributed by atoms with E-state index in [4.69, 9.17) is 10.5 Å². The van der Waals surface area contributed by atoms with Gasteiger partial charge in [-0.05, 0) is 41.1 Å². The van der Waals surface area contributed by atoms with E-state index in [0.717, 1.165) is 20.6 Å². The molecule has 0 saturated heterocycles. The molecule has 2 N–H and O–H groups in total. The summed E-state index contributed by atoms with van der Waals surface area (Å²) < 4.78 is 6.18. The van der Waals surface area contributed by atoms with E-state index < -0.39 is 0 Å². The summed E-state index contributed by atoms with van der Waals surface area (Å²) in [7, 11) is 1.64. The van der Waals surface area contributed by atoms with Crippen LogP contribution in [0.15, 0.2) is 12.1 Å². The number of ether oxygens (including phenoxy) is 1. The molecule has 0 aliphatic heterocycles. The molecule has 0 amide bonds. The SMILES string of the molecule is COc1cc(N)c(C)c(I)c1. The minimum absolute atomic E-state index is 0.786. The summed E-state index contributed by atoms with van der Waals surface area (Å²) in [4.78, 5) is 0. The molecule has 1 aromatic carbocycles. The Morgan fingerprint density at radius 1 is 1.45 bits per heavy atom. The summed E-state index contributed by atoms with van der Waals surface area (Å²) in [6, 6.07) is 3.80. The highest BCUT2D eigenvalue weighted by Gasteiger charge is 2.01. The largest absolute Gasteiger partial charge is 0.497 e. The predicted molar refractivity (Wildman–Crippen MR) is 54.9 cm³/mol. The van der Waals surface area contributed by atoms with Crippen LogP contribution in [0.1, 0.15) is 5.56 Å². The molecule has 0 atom stereocenters. The van der Waals surface area contributed by atoms with E-state index >= 15 is 0 Å².